The lowest BCUT2D eigenvalue weighted by Crippen LogP contribution is -2.31. The second-order valence-electron chi connectivity index (χ2n) is 3.99. The van der Waals surface area contributed by atoms with Crippen molar-refractivity contribution in [2.45, 2.75) is 26.8 Å². The smallest absolute Gasteiger partial charge is 0.315 e. The highest BCUT2D eigenvalue weighted by atomic mass is 16.4. The highest BCUT2D eigenvalue weighted by molar-refractivity contribution is 5.79. The minimum absolute atomic E-state index is 0.00654. The summed E-state index contributed by atoms with van der Waals surface area (Å²) in [7, 11) is 1.75. The first-order valence-corrected chi connectivity index (χ1v) is 6.13. The molecule has 1 aromatic heterocycles. The monoisotopic (exact) mass is 255 g/mol. The maximum Gasteiger partial charge on any atom is 0.315 e. The van der Waals surface area contributed by atoms with Crippen molar-refractivity contribution in [2.24, 2.45) is 0 Å². The summed E-state index contributed by atoms with van der Waals surface area (Å²) < 4.78 is 5.40. The van der Waals surface area contributed by atoms with Crippen LogP contribution >= 0.6 is 0 Å². The summed E-state index contributed by atoms with van der Waals surface area (Å²) >= 11 is 0. The molecule has 1 atom stereocenters. The zero-order chi connectivity index (χ0) is 13.5. The molecule has 0 fully saturated rings. The molecule has 1 amide bonds. The zero-order valence-corrected chi connectivity index (χ0v) is 11.4. The van der Waals surface area contributed by atoms with Gasteiger partial charge in [-0.25, -0.2) is 0 Å². The molecule has 1 rings (SSSR count). The quantitative estimate of drug-likeness (QED) is 0.743. The predicted octanol–water partition coefficient (Wildman–Crippen LogP) is 0.630. The van der Waals surface area contributed by atoms with Crippen LogP contribution in [0.2, 0.25) is 0 Å². The average Bonchev–Trinajstić information content (AvgIpc) is 2.84. The Morgan fingerprint density at radius 3 is 2.78 bits per heavy atom. The second kappa shape index (κ2) is 6.95. The molecule has 18 heavy (non-hydrogen) atoms. The van der Waals surface area contributed by atoms with Crippen LogP contribution in [-0.2, 0) is 4.79 Å². The lowest BCUT2D eigenvalue weighted by Gasteiger charge is -2.13. The third kappa shape index (κ3) is 3.99. The van der Waals surface area contributed by atoms with Crippen molar-refractivity contribution in [1.82, 2.24) is 20.4 Å². The first kappa shape index (κ1) is 14.4. The first-order valence-electron chi connectivity index (χ1n) is 6.13. The van der Waals surface area contributed by atoms with E-state index in [0.717, 1.165) is 6.54 Å². The normalized spacial score (nSPS) is 12.2. The van der Waals surface area contributed by atoms with E-state index in [0.29, 0.717) is 12.4 Å². The van der Waals surface area contributed by atoms with Crippen LogP contribution in [0.4, 0.5) is 6.01 Å². The molecular weight excluding hydrogens is 234 g/mol. The number of rotatable bonds is 7. The molecule has 0 spiro atoms. The summed E-state index contributed by atoms with van der Waals surface area (Å²) in [6, 6.07) is 0.277. The average molecular weight is 255 g/mol. The van der Waals surface area contributed by atoms with Gasteiger partial charge in [0.05, 0.1) is 12.6 Å². The summed E-state index contributed by atoms with van der Waals surface area (Å²) in [5.74, 6) is 0.493. The van der Waals surface area contributed by atoms with Crippen LogP contribution in [0.3, 0.4) is 0 Å². The Bertz CT molecular complexity index is 379. The molecule has 102 valence electrons. The fourth-order valence-corrected chi connectivity index (χ4v) is 1.34. The Labute approximate surface area is 107 Å². The van der Waals surface area contributed by atoms with Crippen molar-refractivity contribution in [3.8, 4) is 0 Å². The van der Waals surface area contributed by atoms with Crippen LogP contribution in [0.15, 0.2) is 4.42 Å². The molecule has 0 radical (unpaired) electrons. The van der Waals surface area contributed by atoms with Gasteiger partial charge in [-0.05, 0) is 20.4 Å². The third-order valence-electron chi connectivity index (χ3n) is 2.61. The molecule has 1 heterocycles. The van der Waals surface area contributed by atoms with Crippen molar-refractivity contribution in [2.75, 3.05) is 32.0 Å². The van der Waals surface area contributed by atoms with Gasteiger partial charge in [0.2, 0.25) is 11.8 Å². The molecule has 1 unspecified atom stereocenters. The summed E-state index contributed by atoms with van der Waals surface area (Å²) in [5, 5.41) is 13.7. The van der Waals surface area contributed by atoms with Crippen molar-refractivity contribution >= 4 is 11.9 Å². The van der Waals surface area contributed by atoms with Gasteiger partial charge in [-0.15, -0.1) is 5.10 Å². The van der Waals surface area contributed by atoms with Crippen LogP contribution in [0.25, 0.3) is 0 Å². The summed E-state index contributed by atoms with van der Waals surface area (Å²) in [6.07, 6.45) is 0. The Balaban J connectivity index is 2.47. The van der Waals surface area contributed by atoms with Gasteiger partial charge in [0.15, 0.2) is 0 Å². The third-order valence-corrected chi connectivity index (χ3v) is 2.61. The van der Waals surface area contributed by atoms with E-state index in [1.54, 1.807) is 11.9 Å². The lowest BCUT2D eigenvalue weighted by atomic mass is 10.3. The number of likely N-dealkylation sites (N-methyl/N-ethyl adjacent to an activating group) is 1. The van der Waals surface area contributed by atoms with E-state index in [-0.39, 0.29) is 24.5 Å². The zero-order valence-electron chi connectivity index (χ0n) is 11.4. The number of anilines is 1. The first-order chi connectivity index (χ1) is 8.58. The van der Waals surface area contributed by atoms with Crippen LogP contribution in [0, 0.1) is 0 Å². The molecule has 7 nitrogen and oxygen atoms in total. The highest BCUT2D eigenvalue weighted by Gasteiger charge is 2.13. The fourth-order valence-electron chi connectivity index (χ4n) is 1.34. The standard InChI is InChI=1S/C11H21N5O2/c1-5-12-8(3)10-14-15-11(18-10)13-7-9(17)16(4)6-2/h8,12H,5-7H2,1-4H3,(H,13,15). The van der Waals surface area contributed by atoms with E-state index in [2.05, 4.69) is 20.8 Å². The van der Waals surface area contributed by atoms with Gasteiger partial charge in [-0.1, -0.05) is 12.0 Å². The Kier molecular flexibility index (Phi) is 5.57. The van der Waals surface area contributed by atoms with E-state index in [1.165, 1.54) is 0 Å². The maximum absolute atomic E-state index is 11.6. The van der Waals surface area contributed by atoms with E-state index in [1.807, 2.05) is 20.8 Å². The van der Waals surface area contributed by atoms with Crippen LogP contribution in [-0.4, -0.2) is 47.7 Å². The van der Waals surface area contributed by atoms with Crippen molar-refractivity contribution < 1.29 is 9.21 Å². The number of carbonyl (C=O) groups excluding carboxylic acids is 1. The van der Waals surface area contributed by atoms with Crippen LogP contribution in [0.5, 0.6) is 0 Å². The number of nitrogens with zero attached hydrogens (tertiary/aromatic N) is 3. The summed E-state index contributed by atoms with van der Waals surface area (Å²) in [5.41, 5.74) is 0. The predicted molar refractivity (Wildman–Crippen MR) is 68.2 cm³/mol. The van der Waals surface area contributed by atoms with Gasteiger partial charge < -0.3 is 20.0 Å². The molecule has 0 saturated carbocycles. The topological polar surface area (TPSA) is 83.3 Å². The molecule has 0 aliphatic rings. The van der Waals surface area contributed by atoms with Gasteiger partial charge in [0.25, 0.3) is 0 Å². The highest BCUT2D eigenvalue weighted by Crippen LogP contribution is 2.12. The maximum atomic E-state index is 11.6. The van der Waals surface area contributed by atoms with Crippen LogP contribution < -0.4 is 10.6 Å². The number of hydrogen-bond donors (Lipinski definition) is 2. The van der Waals surface area contributed by atoms with Gasteiger partial charge in [-0.2, -0.15) is 0 Å². The van der Waals surface area contributed by atoms with Gasteiger partial charge in [-0.3, -0.25) is 4.79 Å². The van der Waals surface area contributed by atoms with E-state index in [4.69, 9.17) is 4.42 Å². The molecule has 0 aromatic carbocycles. The summed E-state index contributed by atoms with van der Waals surface area (Å²) in [4.78, 5) is 13.2. The Morgan fingerprint density at radius 2 is 2.17 bits per heavy atom. The van der Waals surface area contributed by atoms with Crippen molar-refractivity contribution in [3.63, 3.8) is 0 Å². The molecule has 2 N–H and O–H groups in total. The Hall–Kier alpha value is -1.63. The van der Waals surface area contributed by atoms with Crippen molar-refractivity contribution in [1.29, 1.82) is 0 Å². The van der Waals surface area contributed by atoms with Gasteiger partial charge in [0.1, 0.15) is 0 Å². The largest absolute Gasteiger partial charge is 0.406 e. The molecule has 0 aliphatic heterocycles. The minimum atomic E-state index is -0.0167. The number of aromatic nitrogens is 2. The van der Waals surface area contributed by atoms with E-state index >= 15 is 0 Å². The lowest BCUT2D eigenvalue weighted by molar-refractivity contribution is -0.127. The molecule has 0 bridgehead atoms. The molecule has 7 heteroatoms. The number of nitrogens with one attached hydrogen (secondary N) is 2. The number of amides is 1. The summed E-state index contributed by atoms with van der Waals surface area (Å²) in [6.45, 7) is 7.52. The number of hydrogen-bond acceptors (Lipinski definition) is 6. The molecule has 0 aliphatic carbocycles. The second-order valence-corrected chi connectivity index (χ2v) is 3.99. The van der Waals surface area contributed by atoms with E-state index < -0.39 is 0 Å². The van der Waals surface area contributed by atoms with Gasteiger partial charge >= 0.3 is 6.01 Å². The molecule has 1 aromatic rings. The SMILES string of the molecule is CCNC(C)c1nnc(NCC(=O)N(C)CC)o1. The van der Waals surface area contributed by atoms with Crippen LogP contribution in [0.1, 0.15) is 32.7 Å². The molecule has 0 saturated heterocycles. The Morgan fingerprint density at radius 1 is 1.44 bits per heavy atom. The van der Waals surface area contributed by atoms with Gasteiger partial charge in [0, 0.05) is 13.6 Å². The van der Waals surface area contributed by atoms with E-state index in [9.17, 15) is 4.79 Å². The van der Waals surface area contributed by atoms with Crippen molar-refractivity contribution in [3.05, 3.63) is 5.89 Å². The fraction of sp³-hybridized carbons (Fsp3) is 0.727. The minimum Gasteiger partial charge on any atom is -0.406 e. The number of carbonyl (C=O) groups is 1. The molecular formula is C11H21N5O2.